The Hall–Kier alpha value is -3.15. The monoisotopic (exact) mass is 423 g/mol. The molecule has 0 saturated heterocycles. The summed E-state index contributed by atoms with van der Waals surface area (Å²) in [6.45, 7) is 6.21. The predicted octanol–water partition coefficient (Wildman–Crippen LogP) is 4.35. The first-order valence-corrected chi connectivity index (χ1v) is 10.7. The average Bonchev–Trinajstić information content (AvgIpc) is 2.77. The van der Waals surface area contributed by atoms with Gasteiger partial charge in [-0.15, -0.1) is 0 Å². The first kappa shape index (κ1) is 24.1. The van der Waals surface area contributed by atoms with Gasteiger partial charge >= 0.3 is 5.97 Å². The number of rotatable bonds is 10. The van der Waals surface area contributed by atoms with Crippen LogP contribution in [0, 0.1) is 11.3 Å². The number of nitrogens with two attached hydrogens (primary N) is 1. The number of carbonyl (C=O) groups excluding carboxylic acids is 2. The molecule has 0 aliphatic carbocycles. The molecule has 0 aliphatic heterocycles. The lowest BCUT2D eigenvalue weighted by Gasteiger charge is -2.32. The van der Waals surface area contributed by atoms with Gasteiger partial charge in [-0.2, -0.15) is 0 Å². The maximum atomic E-state index is 13.0. The van der Waals surface area contributed by atoms with E-state index in [-0.39, 0.29) is 17.7 Å². The van der Waals surface area contributed by atoms with E-state index in [0.29, 0.717) is 18.5 Å². The van der Waals surface area contributed by atoms with Gasteiger partial charge in [-0.3, -0.25) is 10.2 Å². The summed E-state index contributed by atoms with van der Waals surface area (Å²) >= 11 is 0. The zero-order valence-corrected chi connectivity index (χ0v) is 18.9. The standard InChI is InChI=1S/C25H33N3O3/c1-5-6-11-22(29)28(23(17(2)3)25(30)31-4)16-18-12-14-19(15-13-18)20-9-7-8-10-21(20)24(26)27/h7-10,12-15,17,23H,5-6,11,16H2,1-4H3,(H3,26,27). The number of ether oxygens (including phenoxy) is 1. The van der Waals surface area contributed by atoms with Crippen LogP contribution in [0.2, 0.25) is 0 Å². The van der Waals surface area contributed by atoms with Crippen LogP contribution >= 0.6 is 0 Å². The topological polar surface area (TPSA) is 96.5 Å². The number of unbranched alkanes of at least 4 members (excludes halogenated alkanes) is 1. The molecule has 1 atom stereocenters. The lowest BCUT2D eigenvalue weighted by atomic mass is 9.97. The average molecular weight is 424 g/mol. The van der Waals surface area contributed by atoms with E-state index in [0.717, 1.165) is 29.5 Å². The number of amidine groups is 1. The predicted molar refractivity (Wildman–Crippen MR) is 124 cm³/mol. The van der Waals surface area contributed by atoms with Gasteiger partial charge < -0.3 is 15.4 Å². The summed E-state index contributed by atoms with van der Waals surface area (Å²) in [7, 11) is 1.35. The van der Waals surface area contributed by atoms with E-state index in [2.05, 4.69) is 0 Å². The van der Waals surface area contributed by atoms with Gasteiger partial charge in [-0.1, -0.05) is 75.7 Å². The molecule has 2 rings (SSSR count). The second-order valence-corrected chi connectivity index (χ2v) is 7.99. The minimum atomic E-state index is -0.632. The zero-order valence-electron chi connectivity index (χ0n) is 18.9. The van der Waals surface area contributed by atoms with E-state index in [1.54, 1.807) is 4.90 Å². The van der Waals surface area contributed by atoms with Crippen molar-refractivity contribution in [3.05, 3.63) is 59.7 Å². The summed E-state index contributed by atoms with van der Waals surface area (Å²) in [6, 6.07) is 14.7. The third-order valence-corrected chi connectivity index (χ3v) is 5.31. The Morgan fingerprint density at radius 2 is 1.74 bits per heavy atom. The second-order valence-electron chi connectivity index (χ2n) is 7.99. The number of carbonyl (C=O) groups is 2. The number of nitrogen functional groups attached to an aromatic ring is 1. The highest BCUT2D eigenvalue weighted by Gasteiger charge is 2.33. The molecule has 0 saturated carbocycles. The smallest absolute Gasteiger partial charge is 0.328 e. The van der Waals surface area contributed by atoms with Crippen molar-refractivity contribution in [2.75, 3.05) is 7.11 Å². The Balaban J connectivity index is 2.33. The van der Waals surface area contributed by atoms with Crippen LogP contribution in [-0.4, -0.2) is 35.8 Å². The number of amides is 1. The van der Waals surface area contributed by atoms with Crippen molar-refractivity contribution in [3.8, 4) is 11.1 Å². The number of esters is 1. The van der Waals surface area contributed by atoms with Crippen molar-refractivity contribution in [2.45, 2.75) is 52.6 Å². The summed E-state index contributed by atoms with van der Waals surface area (Å²) in [5.41, 5.74) is 9.14. The number of benzene rings is 2. The molecule has 0 aliphatic rings. The SMILES string of the molecule is CCCCC(=O)N(Cc1ccc(-c2ccccc2C(=N)N)cc1)C(C(=O)OC)C(C)C. The van der Waals surface area contributed by atoms with Gasteiger partial charge in [0.1, 0.15) is 11.9 Å². The summed E-state index contributed by atoms with van der Waals surface area (Å²) in [6.07, 6.45) is 2.09. The van der Waals surface area contributed by atoms with Crippen LogP contribution in [0.15, 0.2) is 48.5 Å². The van der Waals surface area contributed by atoms with Gasteiger partial charge in [0.05, 0.1) is 7.11 Å². The fourth-order valence-corrected chi connectivity index (χ4v) is 3.65. The third kappa shape index (κ3) is 6.17. The van der Waals surface area contributed by atoms with E-state index in [4.69, 9.17) is 15.9 Å². The van der Waals surface area contributed by atoms with Crippen molar-refractivity contribution >= 4 is 17.7 Å². The molecule has 31 heavy (non-hydrogen) atoms. The van der Waals surface area contributed by atoms with Crippen LogP contribution in [-0.2, 0) is 20.9 Å². The minimum absolute atomic E-state index is 0.0187. The van der Waals surface area contributed by atoms with E-state index < -0.39 is 12.0 Å². The highest BCUT2D eigenvalue weighted by atomic mass is 16.5. The van der Waals surface area contributed by atoms with Gasteiger partial charge in [-0.25, -0.2) is 4.79 Å². The number of hydrogen-bond acceptors (Lipinski definition) is 4. The third-order valence-electron chi connectivity index (χ3n) is 5.31. The summed E-state index contributed by atoms with van der Waals surface area (Å²) in [5.74, 6) is -0.492. The molecule has 3 N–H and O–H groups in total. The molecule has 0 bridgehead atoms. The Labute approximate surface area is 184 Å². The molecule has 0 spiro atoms. The first-order valence-electron chi connectivity index (χ1n) is 10.7. The van der Waals surface area contributed by atoms with E-state index in [1.807, 2.05) is 69.3 Å². The van der Waals surface area contributed by atoms with Gasteiger partial charge in [0.2, 0.25) is 5.91 Å². The maximum absolute atomic E-state index is 13.0. The summed E-state index contributed by atoms with van der Waals surface area (Å²) < 4.78 is 4.99. The quantitative estimate of drug-likeness (QED) is 0.337. The highest BCUT2D eigenvalue weighted by molar-refractivity contribution is 6.01. The van der Waals surface area contributed by atoms with Crippen molar-refractivity contribution in [3.63, 3.8) is 0 Å². The molecule has 0 radical (unpaired) electrons. The maximum Gasteiger partial charge on any atom is 0.328 e. The van der Waals surface area contributed by atoms with E-state index in [9.17, 15) is 9.59 Å². The largest absolute Gasteiger partial charge is 0.467 e. The van der Waals surface area contributed by atoms with E-state index >= 15 is 0 Å². The Morgan fingerprint density at radius 1 is 1.10 bits per heavy atom. The normalized spacial score (nSPS) is 11.8. The van der Waals surface area contributed by atoms with Crippen molar-refractivity contribution in [2.24, 2.45) is 11.7 Å². The minimum Gasteiger partial charge on any atom is -0.467 e. The Morgan fingerprint density at radius 3 is 2.29 bits per heavy atom. The lowest BCUT2D eigenvalue weighted by Crippen LogP contribution is -2.48. The number of nitrogens with zero attached hydrogens (tertiary/aromatic N) is 1. The second kappa shape index (κ2) is 11.3. The molecule has 1 unspecified atom stereocenters. The lowest BCUT2D eigenvalue weighted by molar-refractivity contribution is -0.155. The van der Waals surface area contributed by atoms with Crippen LogP contribution in [0.4, 0.5) is 0 Å². The summed E-state index contributed by atoms with van der Waals surface area (Å²) in [4.78, 5) is 27.1. The van der Waals surface area contributed by atoms with Crippen molar-refractivity contribution < 1.29 is 14.3 Å². The Bertz CT molecular complexity index is 906. The molecule has 6 nitrogen and oxygen atoms in total. The van der Waals surface area contributed by atoms with Crippen LogP contribution < -0.4 is 5.73 Å². The number of hydrogen-bond donors (Lipinski definition) is 2. The Kier molecular flexibility index (Phi) is 8.79. The van der Waals surface area contributed by atoms with Crippen molar-refractivity contribution in [1.29, 1.82) is 5.41 Å². The fraction of sp³-hybridized carbons (Fsp3) is 0.400. The fourth-order valence-electron chi connectivity index (χ4n) is 3.65. The highest BCUT2D eigenvalue weighted by Crippen LogP contribution is 2.25. The summed E-state index contributed by atoms with van der Waals surface area (Å²) in [5, 5.41) is 7.80. The first-order chi connectivity index (χ1) is 14.8. The number of nitrogens with one attached hydrogen (secondary N) is 1. The molecule has 0 heterocycles. The zero-order chi connectivity index (χ0) is 23.0. The molecule has 1 amide bonds. The van der Waals surface area contributed by atoms with E-state index in [1.165, 1.54) is 7.11 Å². The van der Waals surface area contributed by atoms with Gasteiger partial charge in [-0.05, 0) is 29.0 Å². The molecular formula is C25H33N3O3. The van der Waals surface area contributed by atoms with Crippen LogP contribution in [0.5, 0.6) is 0 Å². The molecular weight excluding hydrogens is 390 g/mol. The molecule has 2 aromatic carbocycles. The van der Waals surface area contributed by atoms with Crippen LogP contribution in [0.3, 0.4) is 0 Å². The molecule has 0 fully saturated rings. The van der Waals surface area contributed by atoms with Gasteiger partial charge in [0, 0.05) is 18.5 Å². The molecule has 6 heteroatoms. The van der Waals surface area contributed by atoms with Crippen molar-refractivity contribution in [1.82, 2.24) is 4.90 Å². The molecule has 2 aromatic rings. The van der Waals surface area contributed by atoms with Crippen LogP contribution in [0.25, 0.3) is 11.1 Å². The molecule has 166 valence electrons. The van der Waals surface area contributed by atoms with Gasteiger partial charge in [0.15, 0.2) is 0 Å². The van der Waals surface area contributed by atoms with Gasteiger partial charge in [0.25, 0.3) is 0 Å². The molecule has 0 aromatic heterocycles. The number of methoxy groups -OCH3 is 1. The van der Waals surface area contributed by atoms with Crippen LogP contribution in [0.1, 0.15) is 51.2 Å².